The molecule has 0 saturated carbocycles. The third-order valence-corrected chi connectivity index (χ3v) is 8.28. The number of rotatable bonds is 10. The maximum Gasteiger partial charge on any atom is 0.264 e. The molecule has 0 aliphatic heterocycles. The molecule has 0 fully saturated rings. The lowest BCUT2D eigenvalue weighted by Gasteiger charge is -2.33. The Hall–Kier alpha value is -3.17. The van der Waals surface area contributed by atoms with E-state index < -0.39 is 28.5 Å². The molecule has 36 heavy (non-hydrogen) atoms. The molecule has 0 spiro atoms. The van der Waals surface area contributed by atoms with Gasteiger partial charge in [-0.1, -0.05) is 65.3 Å². The van der Waals surface area contributed by atoms with Gasteiger partial charge in [-0.15, -0.1) is 0 Å². The summed E-state index contributed by atoms with van der Waals surface area (Å²) in [6.07, 6.45) is 0.376. The predicted molar refractivity (Wildman–Crippen MR) is 145 cm³/mol. The van der Waals surface area contributed by atoms with Crippen LogP contribution in [0.15, 0.2) is 88.2 Å². The van der Waals surface area contributed by atoms with E-state index >= 15 is 0 Å². The fourth-order valence-corrected chi connectivity index (χ4v) is 5.61. The van der Waals surface area contributed by atoms with Crippen molar-refractivity contribution in [3.63, 3.8) is 0 Å². The lowest BCUT2D eigenvalue weighted by Crippen LogP contribution is -2.51. The molecule has 3 aromatic carbocycles. The van der Waals surface area contributed by atoms with Gasteiger partial charge in [0.25, 0.3) is 10.0 Å². The monoisotopic (exact) mass is 571 g/mol. The predicted octanol–water partition coefficient (Wildman–Crippen LogP) is 4.51. The minimum absolute atomic E-state index is 0.0736. The van der Waals surface area contributed by atoms with Crippen molar-refractivity contribution < 1.29 is 18.0 Å². The number of aryl methyl sites for hydroxylation is 1. The van der Waals surface area contributed by atoms with Crippen LogP contribution in [0.4, 0.5) is 5.69 Å². The topological polar surface area (TPSA) is 86.8 Å². The third-order valence-electron chi connectivity index (χ3n) is 5.96. The van der Waals surface area contributed by atoms with Crippen molar-refractivity contribution in [2.75, 3.05) is 17.9 Å². The smallest absolute Gasteiger partial charge is 0.264 e. The second-order valence-corrected chi connectivity index (χ2v) is 11.1. The summed E-state index contributed by atoms with van der Waals surface area (Å²) < 4.78 is 29.2. The van der Waals surface area contributed by atoms with E-state index in [9.17, 15) is 18.0 Å². The van der Waals surface area contributed by atoms with Gasteiger partial charge in [0.2, 0.25) is 11.8 Å². The van der Waals surface area contributed by atoms with E-state index in [1.54, 1.807) is 42.5 Å². The molecule has 0 saturated heterocycles. The van der Waals surface area contributed by atoms with Crippen LogP contribution in [-0.2, 0) is 26.2 Å². The van der Waals surface area contributed by atoms with Gasteiger partial charge in [0.1, 0.15) is 12.6 Å². The largest absolute Gasteiger partial charge is 0.357 e. The fourth-order valence-electron chi connectivity index (χ4n) is 3.91. The standard InChI is InChI=1S/C27H30BrN3O4S/c1-4-25(27(33)29-3)30(18-21-11-9-8-10-20(21)2)26(32)19-31(23-16-14-22(28)15-17-23)36(34,35)24-12-6-5-7-13-24/h5-17,25H,4,18-19H2,1-3H3,(H,29,33)/t25-/m1/s1. The van der Waals surface area contributed by atoms with E-state index in [1.165, 1.54) is 24.1 Å². The summed E-state index contributed by atoms with van der Waals surface area (Å²) in [5, 5.41) is 2.63. The number of benzene rings is 3. The van der Waals surface area contributed by atoms with Crippen molar-refractivity contribution in [1.82, 2.24) is 10.2 Å². The first-order valence-electron chi connectivity index (χ1n) is 11.6. The molecular weight excluding hydrogens is 542 g/mol. The van der Waals surface area contributed by atoms with Crippen molar-refractivity contribution in [2.24, 2.45) is 0 Å². The van der Waals surface area contributed by atoms with E-state index in [0.717, 1.165) is 19.9 Å². The van der Waals surface area contributed by atoms with Crippen LogP contribution in [0, 0.1) is 6.92 Å². The first-order valence-corrected chi connectivity index (χ1v) is 13.8. The zero-order valence-corrected chi connectivity index (χ0v) is 22.9. The average Bonchev–Trinajstić information content (AvgIpc) is 2.89. The van der Waals surface area contributed by atoms with Gasteiger partial charge in [-0.3, -0.25) is 13.9 Å². The Morgan fingerprint density at radius 2 is 1.56 bits per heavy atom. The average molecular weight is 573 g/mol. The van der Waals surface area contributed by atoms with Gasteiger partial charge < -0.3 is 10.2 Å². The van der Waals surface area contributed by atoms with Gasteiger partial charge in [-0.25, -0.2) is 8.42 Å². The lowest BCUT2D eigenvalue weighted by molar-refractivity contribution is -0.140. The molecule has 9 heteroatoms. The molecule has 2 amide bonds. The number of hydrogen-bond donors (Lipinski definition) is 1. The molecule has 0 unspecified atom stereocenters. The molecule has 3 rings (SSSR count). The first-order chi connectivity index (χ1) is 17.2. The number of anilines is 1. The summed E-state index contributed by atoms with van der Waals surface area (Å²) in [7, 11) is -2.54. The molecular formula is C27H30BrN3O4S. The van der Waals surface area contributed by atoms with E-state index in [1.807, 2.05) is 38.1 Å². The van der Waals surface area contributed by atoms with E-state index in [4.69, 9.17) is 0 Å². The van der Waals surface area contributed by atoms with E-state index in [0.29, 0.717) is 12.1 Å². The molecule has 0 aliphatic carbocycles. The number of hydrogen-bond acceptors (Lipinski definition) is 4. The van der Waals surface area contributed by atoms with Gasteiger partial charge in [-0.05, 0) is 60.9 Å². The maximum absolute atomic E-state index is 13.8. The van der Waals surface area contributed by atoms with Crippen LogP contribution in [0.3, 0.4) is 0 Å². The Labute approximate surface area is 221 Å². The number of likely N-dealkylation sites (N-methyl/N-ethyl adjacent to an activating group) is 1. The second-order valence-electron chi connectivity index (χ2n) is 8.29. The van der Waals surface area contributed by atoms with E-state index in [2.05, 4.69) is 21.2 Å². The van der Waals surface area contributed by atoms with Crippen LogP contribution in [-0.4, -0.2) is 44.8 Å². The van der Waals surface area contributed by atoms with Crippen LogP contribution < -0.4 is 9.62 Å². The molecule has 0 aliphatic rings. The highest BCUT2D eigenvalue weighted by molar-refractivity contribution is 9.10. The zero-order valence-electron chi connectivity index (χ0n) is 20.5. The molecule has 7 nitrogen and oxygen atoms in total. The molecule has 1 atom stereocenters. The van der Waals surface area contributed by atoms with Gasteiger partial charge in [0, 0.05) is 18.1 Å². The minimum Gasteiger partial charge on any atom is -0.357 e. The maximum atomic E-state index is 13.8. The Kier molecular flexibility index (Phi) is 9.28. The summed E-state index contributed by atoms with van der Waals surface area (Å²) >= 11 is 3.37. The molecule has 0 heterocycles. The van der Waals surface area contributed by atoms with Crippen LogP contribution in [0.2, 0.25) is 0 Å². The Bertz CT molecular complexity index is 1300. The van der Waals surface area contributed by atoms with Crippen LogP contribution in [0.25, 0.3) is 0 Å². The molecule has 0 bridgehead atoms. The molecule has 190 valence electrons. The molecule has 1 N–H and O–H groups in total. The van der Waals surface area contributed by atoms with Gasteiger partial charge >= 0.3 is 0 Å². The Morgan fingerprint density at radius 3 is 2.14 bits per heavy atom. The number of carbonyl (C=O) groups excluding carboxylic acids is 2. The third kappa shape index (κ3) is 6.33. The van der Waals surface area contributed by atoms with Crippen LogP contribution >= 0.6 is 15.9 Å². The number of nitrogens with zero attached hydrogens (tertiary/aromatic N) is 2. The number of amides is 2. The number of halogens is 1. The van der Waals surface area contributed by atoms with Crippen molar-refractivity contribution >= 4 is 43.5 Å². The zero-order chi connectivity index (χ0) is 26.3. The van der Waals surface area contributed by atoms with E-state index in [-0.39, 0.29) is 17.3 Å². The SMILES string of the molecule is CC[C@H](C(=O)NC)N(Cc1ccccc1C)C(=O)CN(c1ccc(Br)cc1)S(=O)(=O)c1ccccc1. The highest BCUT2D eigenvalue weighted by Crippen LogP contribution is 2.26. The summed E-state index contributed by atoms with van der Waals surface area (Å²) in [6, 6.07) is 21.6. The number of sulfonamides is 1. The highest BCUT2D eigenvalue weighted by atomic mass is 79.9. The normalized spacial score (nSPS) is 12.0. The van der Waals surface area contributed by atoms with Crippen molar-refractivity contribution in [2.45, 2.75) is 37.8 Å². The quantitative estimate of drug-likeness (QED) is 0.388. The first kappa shape index (κ1) is 27.4. The minimum atomic E-state index is -4.06. The Morgan fingerprint density at radius 1 is 0.944 bits per heavy atom. The van der Waals surface area contributed by atoms with Crippen LogP contribution in [0.1, 0.15) is 24.5 Å². The molecule has 0 radical (unpaired) electrons. The lowest BCUT2D eigenvalue weighted by atomic mass is 10.1. The summed E-state index contributed by atoms with van der Waals surface area (Å²) in [6.45, 7) is 3.48. The highest BCUT2D eigenvalue weighted by Gasteiger charge is 2.33. The second kappa shape index (κ2) is 12.2. The van der Waals surface area contributed by atoms with Gasteiger partial charge in [-0.2, -0.15) is 0 Å². The summed E-state index contributed by atoms with van der Waals surface area (Å²) in [5.74, 6) is -0.781. The van der Waals surface area contributed by atoms with Gasteiger partial charge in [0.05, 0.1) is 10.6 Å². The summed E-state index contributed by atoms with van der Waals surface area (Å²) in [5.41, 5.74) is 2.21. The number of nitrogens with one attached hydrogen (secondary N) is 1. The fraction of sp³-hybridized carbons (Fsp3) is 0.259. The van der Waals surface area contributed by atoms with Crippen molar-refractivity contribution in [1.29, 1.82) is 0 Å². The van der Waals surface area contributed by atoms with Gasteiger partial charge in [0.15, 0.2) is 0 Å². The van der Waals surface area contributed by atoms with Crippen molar-refractivity contribution in [3.8, 4) is 0 Å². The Balaban J connectivity index is 2.05. The van der Waals surface area contributed by atoms with Crippen LogP contribution in [0.5, 0.6) is 0 Å². The molecule has 0 aromatic heterocycles. The van der Waals surface area contributed by atoms with Crippen molar-refractivity contribution in [3.05, 3.63) is 94.5 Å². The summed E-state index contributed by atoms with van der Waals surface area (Å²) in [4.78, 5) is 28.1. The number of carbonyl (C=O) groups is 2. The molecule has 3 aromatic rings.